The number of nitro benzene ring substituents is 1. The van der Waals surface area contributed by atoms with Gasteiger partial charge in [0.2, 0.25) is 10.0 Å². The molecule has 2 fully saturated rings. The summed E-state index contributed by atoms with van der Waals surface area (Å²) in [6, 6.07) is 13.1. The van der Waals surface area contributed by atoms with Crippen molar-refractivity contribution in [1.29, 1.82) is 0 Å². The van der Waals surface area contributed by atoms with Gasteiger partial charge in [-0.15, -0.1) is 5.06 Å². The number of hydroxylamine groups is 2. The van der Waals surface area contributed by atoms with E-state index in [-0.39, 0.29) is 25.7 Å². The van der Waals surface area contributed by atoms with Crippen LogP contribution in [0.1, 0.15) is 23.2 Å². The summed E-state index contributed by atoms with van der Waals surface area (Å²) in [4.78, 5) is 27.7. The summed E-state index contributed by atoms with van der Waals surface area (Å²) in [6.45, 7) is -0.303. The SMILES string of the molecule is O=C(ON1C[C@H](CN(C2CC2)S(=O)(=O)c2ccccc2[N+](=O)[O-])[C@H](F)C1)c1ccccc1. The molecule has 11 heteroatoms. The lowest BCUT2D eigenvalue weighted by molar-refractivity contribution is -0.387. The molecule has 2 aromatic carbocycles. The van der Waals surface area contributed by atoms with Crippen LogP contribution < -0.4 is 0 Å². The van der Waals surface area contributed by atoms with E-state index in [0.29, 0.717) is 18.4 Å². The Balaban J connectivity index is 1.49. The average molecular weight is 463 g/mol. The lowest BCUT2D eigenvalue weighted by Gasteiger charge is -2.25. The number of benzene rings is 2. The van der Waals surface area contributed by atoms with Crippen molar-refractivity contribution < 1.29 is 27.4 Å². The van der Waals surface area contributed by atoms with Crippen LogP contribution in [-0.4, -0.2) is 60.5 Å². The lowest BCUT2D eigenvalue weighted by Crippen LogP contribution is -2.40. The number of alkyl halides is 1. The van der Waals surface area contributed by atoms with Gasteiger partial charge in [0.15, 0.2) is 4.90 Å². The van der Waals surface area contributed by atoms with Gasteiger partial charge in [-0.25, -0.2) is 17.6 Å². The molecule has 2 aromatic rings. The zero-order valence-electron chi connectivity index (χ0n) is 17.0. The number of carbonyl (C=O) groups is 1. The van der Waals surface area contributed by atoms with E-state index in [1.807, 2.05) is 0 Å². The van der Waals surface area contributed by atoms with Crippen molar-refractivity contribution in [2.75, 3.05) is 19.6 Å². The molecule has 32 heavy (non-hydrogen) atoms. The molecule has 1 saturated heterocycles. The highest BCUT2D eigenvalue weighted by atomic mass is 32.2. The molecule has 1 aliphatic carbocycles. The van der Waals surface area contributed by atoms with E-state index in [2.05, 4.69) is 0 Å². The van der Waals surface area contributed by atoms with Crippen LogP contribution in [-0.2, 0) is 14.9 Å². The molecule has 170 valence electrons. The van der Waals surface area contributed by atoms with Gasteiger partial charge in [0.25, 0.3) is 5.69 Å². The maximum atomic E-state index is 14.8. The fourth-order valence-corrected chi connectivity index (χ4v) is 5.68. The van der Waals surface area contributed by atoms with Crippen LogP contribution in [0.25, 0.3) is 0 Å². The summed E-state index contributed by atoms with van der Waals surface area (Å²) in [5, 5.41) is 12.5. The maximum Gasteiger partial charge on any atom is 0.357 e. The van der Waals surface area contributed by atoms with Gasteiger partial charge in [0.05, 0.1) is 17.0 Å². The first kappa shape index (κ1) is 22.3. The minimum absolute atomic E-state index is 0.0232. The van der Waals surface area contributed by atoms with Crippen molar-refractivity contribution in [2.45, 2.75) is 30.0 Å². The van der Waals surface area contributed by atoms with Gasteiger partial charge in [-0.1, -0.05) is 30.3 Å². The molecule has 0 amide bonds. The number of sulfonamides is 1. The molecule has 2 aliphatic rings. The van der Waals surface area contributed by atoms with Gasteiger partial charge in [0, 0.05) is 31.1 Å². The number of hydrogen-bond donors (Lipinski definition) is 0. The zero-order valence-corrected chi connectivity index (χ0v) is 17.9. The molecule has 0 unspecified atom stereocenters. The van der Waals surface area contributed by atoms with Crippen LogP contribution in [0.2, 0.25) is 0 Å². The Bertz CT molecular complexity index is 1110. The summed E-state index contributed by atoms with van der Waals surface area (Å²) >= 11 is 0. The third-order valence-electron chi connectivity index (χ3n) is 5.57. The molecule has 1 heterocycles. The highest BCUT2D eigenvalue weighted by Gasteiger charge is 2.45. The van der Waals surface area contributed by atoms with Crippen molar-refractivity contribution in [3.63, 3.8) is 0 Å². The van der Waals surface area contributed by atoms with E-state index in [1.165, 1.54) is 23.3 Å². The number of hydrogen-bond acceptors (Lipinski definition) is 7. The van der Waals surface area contributed by atoms with Gasteiger partial charge in [-0.2, -0.15) is 4.31 Å². The van der Waals surface area contributed by atoms with Gasteiger partial charge in [-0.3, -0.25) is 10.1 Å². The first-order valence-electron chi connectivity index (χ1n) is 10.2. The van der Waals surface area contributed by atoms with Crippen LogP contribution in [0.4, 0.5) is 10.1 Å². The van der Waals surface area contributed by atoms with E-state index in [4.69, 9.17) is 4.84 Å². The molecule has 0 spiro atoms. The zero-order chi connectivity index (χ0) is 22.9. The first-order valence-corrected chi connectivity index (χ1v) is 11.6. The largest absolute Gasteiger partial charge is 0.364 e. The van der Waals surface area contributed by atoms with Crippen molar-refractivity contribution in [3.05, 3.63) is 70.3 Å². The molecule has 1 saturated carbocycles. The highest BCUT2D eigenvalue weighted by molar-refractivity contribution is 7.89. The molecule has 0 aromatic heterocycles. The fourth-order valence-electron chi connectivity index (χ4n) is 3.77. The third kappa shape index (κ3) is 4.64. The minimum atomic E-state index is -4.21. The van der Waals surface area contributed by atoms with Crippen LogP contribution >= 0.6 is 0 Å². The topological polar surface area (TPSA) is 110 Å². The molecule has 9 nitrogen and oxygen atoms in total. The van der Waals surface area contributed by atoms with Gasteiger partial charge in [-0.05, 0) is 31.0 Å². The Morgan fingerprint density at radius 1 is 1.12 bits per heavy atom. The summed E-state index contributed by atoms with van der Waals surface area (Å²) < 4.78 is 42.5. The number of para-hydroxylation sites is 1. The lowest BCUT2D eigenvalue weighted by atomic mass is 10.1. The molecule has 0 radical (unpaired) electrons. The van der Waals surface area contributed by atoms with Crippen molar-refractivity contribution in [1.82, 2.24) is 9.37 Å². The third-order valence-corrected chi connectivity index (χ3v) is 7.53. The molecular weight excluding hydrogens is 441 g/mol. The highest BCUT2D eigenvalue weighted by Crippen LogP contribution is 2.37. The average Bonchev–Trinajstić information content (AvgIpc) is 3.56. The Kier molecular flexibility index (Phi) is 6.22. The number of nitrogens with zero attached hydrogens (tertiary/aromatic N) is 3. The smallest absolute Gasteiger partial charge is 0.357 e. The molecule has 0 N–H and O–H groups in total. The molecule has 2 atom stereocenters. The second-order valence-corrected chi connectivity index (χ2v) is 9.76. The van der Waals surface area contributed by atoms with E-state index < -0.39 is 43.6 Å². The normalized spacial score (nSPS) is 21.6. The van der Waals surface area contributed by atoms with Crippen molar-refractivity contribution in [3.8, 4) is 0 Å². The minimum Gasteiger partial charge on any atom is -0.364 e. The Hall–Kier alpha value is -2.89. The number of nitro groups is 1. The predicted octanol–water partition coefficient (Wildman–Crippen LogP) is 2.79. The molecule has 0 bridgehead atoms. The number of halogens is 1. The summed E-state index contributed by atoms with van der Waals surface area (Å²) in [6.07, 6.45) is -0.201. The second-order valence-electron chi connectivity index (χ2n) is 7.90. The quantitative estimate of drug-likeness (QED) is 0.437. The summed E-state index contributed by atoms with van der Waals surface area (Å²) in [5.41, 5.74) is -0.190. The number of carbonyl (C=O) groups excluding carboxylic acids is 1. The van der Waals surface area contributed by atoms with Crippen LogP contribution in [0.5, 0.6) is 0 Å². The Labute approximate surface area is 184 Å². The van der Waals surface area contributed by atoms with Crippen molar-refractivity contribution in [2.24, 2.45) is 5.92 Å². The monoisotopic (exact) mass is 463 g/mol. The molecule has 1 aliphatic heterocycles. The van der Waals surface area contributed by atoms with Gasteiger partial charge >= 0.3 is 5.97 Å². The van der Waals surface area contributed by atoms with Crippen LogP contribution in [0.3, 0.4) is 0 Å². The Morgan fingerprint density at radius 3 is 2.44 bits per heavy atom. The van der Waals surface area contributed by atoms with Gasteiger partial charge < -0.3 is 4.84 Å². The van der Waals surface area contributed by atoms with E-state index in [9.17, 15) is 27.7 Å². The van der Waals surface area contributed by atoms with E-state index in [0.717, 1.165) is 10.4 Å². The first-order chi connectivity index (χ1) is 15.3. The van der Waals surface area contributed by atoms with Crippen LogP contribution in [0, 0.1) is 16.0 Å². The van der Waals surface area contributed by atoms with Gasteiger partial charge in [0.1, 0.15) is 6.17 Å². The maximum absolute atomic E-state index is 14.8. The standard InChI is InChI=1S/C21H22FN3O6S/c22-18-14-23(31-21(26)15-6-2-1-3-7-15)12-16(18)13-24(17-10-11-17)32(29,30)20-9-5-4-8-19(20)25(27)28/h1-9,16-18H,10-14H2/t16-,18-/m1/s1. The number of rotatable bonds is 8. The van der Waals surface area contributed by atoms with Crippen molar-refractivity contribution >= 4 is 21.7 Å². The molecular formula is C21H22FN3O6S. The Morgan fingerprint density at radius 2 is 1.78 bits per heavy atom. The summed E-state index contributed by atoms with van der Waals surface area (Å²) in [5.74, 6) is -1.36. The predicted molar refractivity (Wildman–Crippen MR) is 112 cm³/mol. The van der Waals surface area contributed by atoms with E-state index >= 15 is 0 Å². The summed E-state index contributed by atoms with van der Waals surface area (Å²) in [7, 11) is -4.21. The van der Waals surface area contributed by atoms with Crippen LogP contribution in [0.15, 0.2) is 59.5 Å². The van der Waals surface area contributed by atoms with E-state index in [1.54, 1.807) is 30.3 Å². The second kappa shape index (κ2) is 8.93. The fraction of sp³-hybridized carbons (Fsp3) is 0.381. The molecule has 4 rings (SSSR count).